The summed E-state index contributed by atoms with van der Waals surface area (Å²) in [5, 5.41) is 17.7. The largest absolute Gasteiger partial charge is 0.355 e. The van der Waals surface area contributed by atoms with Crippen LogP contribution in [0.2, 0.25) is 0 Å². The van der Waals surface area contributed by atoms with Gasteiger partial charge in [-0.25, -0.2) is 9.07 Å². The van der Waals surface area contributed by atoms with Crippen molar-refractivity contribution < 1.29 is 9.18 Å². The predicted molar refractivity (Wildman–Crippen MR) is 144 cm³/mol. The minimum absolute atomic E-state index is 0.0644. The highest BCUT2D eigenvalue weighted by molar-refractivity contribution is 9.10. The van der Waals surface area contributed by atoms with Gasteiger partial charge in [-0.1, -0.05) is 28.1 Å². The molecule has 1 fully saturated rings. The molecule has 9 heteroatoms. The number of fused-ring (bicyclic) bond motifs is 1. The number of hydrogen-bond acceptors (Lipinski definition) is 4. The molecule has 3 aromatic carbocycles. The molecule has 0 unspecified atom stereocenters. The fourth-order valence-electron chi connectivity index (χ4n) is 4.11. The highest BCUT2D eigenvalue weighted by Crippen LogP contribution is 2.24. The molecular formula is C26H23BrFN5OS. The second-order valence-corrected chi connectivity index (χ2v) is 10.5. The van der Waals surface area contributed by atoms with E-state index in [-0.39, 0.29) is 5.69 Å². The van der Waals surface area contributed by atoms with Crippen LogP contribution < -0.4 is 5.32 Å². The number of thioether (sulfide) groups is 1. The smallest absolute Gasteiger partial charge is 0.274 e. The fraction of sp³-hybridized carbons (Fsp3) is 0.192. The first-order valence-electron chi connectivity index (χ1n) is 11.2. The van der Waals surface area contributed by atoms with Crippen molar-refractivity contribution >= 4 is 55.9 Å². The minimum Gasteiger partial charge on any atom is -0.355 e. The van der Waals surface area contributed by atoms with E-state index in [1.54, 1.807) is 16.8 Å². The summed E-state index contributed by atoms with van der Waals surface area (Å²) in [4.78, 5) is 15.1. The molecule has 178 valence electrons. The van der Waals surface area contributed by atoms with Crippen LogP contribution in [-0.4, -0.2) is 51.0 Å². The van der Waals surface area contributed by atoms with E-state index < -0.39 is 11.7 Å². The van der Waals surface area contributed by atoms with E-state index in [4.69, 9.17) is 5.41 Å². The van der Waals surface area contributed by atoms with E-state index in [0.29, 0.717) is 22.8 Å². The summed E-state index contributed by atoms with van der Waals surface area (Å²) >= 11 is 5.34. The second-order valence-electron chi connectivity index (χ2n) is 8.36. The van der Waals surface area contributed by atoms with Crippen LogP contribution in [0.15, 0.2) is 65.1 Å². The maximum atomic E-state index is 14.9. The molecule has 1 aromatic heterocycles. The molecule has 5 rings (SSSR count). The molecule has 1 aliphatic rings. The number of rotatable bonds is 4. The van der Waals surface area contributed by atoms with E-state index >= 15 is 0 Å². The Bertz CT molecular complexity index is 1450. The molecule has 4 aromatic rings. The van der Waals surface area contributed by atoms with E-state index in [1.807, 2.05) is 60.0 Å². The molecule has 2 heterocycles. The average molecular weight is 552 g/mol. The number of nitrogens with one attached hydrogen (secondary N) is 2. The quantitative estimate of drug-likeness (QED) is 0.246. The molecule has 2 N–H and O–H groups in total. The third-order valence-corrected chi connectivity index (χ3v) is 7.35. The Balaban J connectivity index is 1.39. The lowest BCUT2D eigenvalue weighted by Gasteiger charge is -2.28. The van der Waals surface area contributed by atoms with Crippen LogP contribution >= 0.6 is 27.7 Å². The maximum absolute atomic E-state index is 14.9. The van der Waals surface area contributed by atoms with E-state index in [9.17, 15) is 9.18 Å². The van der Waals surface area contributed by atoms with Gasteiger partial charge in [-0.3, -0.25) is 10.2 Å². The van der Waals surface area contributed by atoms with Crippen LogP contribution in [-0.2, 0) is 0 Å². The van der Waals surface area contributed by atoms with E-state index in [2.05, 4.69) is 26.3 Å². The van der Waals surface area contributed by atoms with E-state index in [0.717, 1.165) is 45.5 Å². The van der Waals surface area contributed by atoms with Gasteiger partial charge in [0.05, 0.1) is 17.1 Å². The summed E-state index contributed by atoms with van der Waals surface area (Å²) in [7, 11) is 0. The van der Waals surface area contributed by atoms with Crippen LogP contribution in [0.3, 0.4) is 0 Å². The van der Waals surface area contributed by atoms with Gasteiger partial charge in [0.15, 0.2) is 0 Å². The minimum atomic E-state index is -0.578. The SMILES string of the molecule is Cc1cc(C(=O)Nc2ccc(C(=N)N3CCSCC3)cc2F)n(-c2ccc3cc(Br)ccc3c2)n1. The number of amides is 1. The standard InChI is InChI=1S/C26H23BrFN5OS/c1-16-12-24(33(31-16)21-6-3-17-13-20(27)5-2-18(17)14-21)26(34)30-23-7-4-19(15-22(23)28)25(29)32-8-10-35-11-9-32/h2-7,12-15,29H,8-11H2,1H3,(H,30,34). The summed E-state index contributed by atoms with van der Waals surface area (Å²) in [5.74, 6) is 1.18. The number of anilines is 1. The van der Waals surface area contributed by atoms with Gasteiger partial charge in [0.25, 0.3) is 5.91 Å². The van der Waals surface area contributed by atoms with Crippen molar-refractivity contribution in [3.63, 3.8) is 0 Å². The van der Waals surface area contributed by atoms with Crippen LogP contribution in [0.1, 0.15) is 21.7 Å². The maximum Gasteiger partial charge on any atom is 0.274 e. The first-order valence-corrected chi connectivity index (χ1v) is 13.1. The number of aryl methyl sites for hydroxylation is 1. The van der Waals surface area contributed by atoms with Gasteiger partial charge in [-0.2, -0.15) is 16.9 Å². The number of benzene rings is 3. The Kier molecular flexibility index (Phi) is 6.62. The Morgan fingerprint density at radius 2 is 1.80 bits per heavy atom. The molecule has 1 amide bonds. The molecule has 0 bridgehead atoms. The first-order chi connectivity index (χ1) is 16.9. The fourth-order valence-corrected chi connectivity index (χ4v) is 5.40. The number of nitrogens with zero attached hydrogens (tertiary/aromatic N) is 3. The normalized spacial score (nSPS) is 13.7. The molecule has 6 nitrogen and oxygen atoms in total. The molecule has 0 radical (unpaired) electrons. The van der Waals surface area contributed by atoms with Crippen LogP contribution in [0.4, 0.5) is 10.1 Å². The van der Waals surface area contributed by atoms with Gasteiger partial charge < -0.3 is 10.2 Å². The number of halogens is 2. The van der Waals surface area contributed by atoms with Gasteiger partial charge in [0.1, 0.15) is 17.3 Å². The van der Waals surface area contributed by atoms with Crippen molar-refractivity contribution in [3.05, 3.63) is 87.9 Å². The van der Waals surface area contributed by atoms with Crippen molar-refractivity contribution in [1.29, 1.82) is 5.41 Å². The Morgan fingerprint density at radius 3 is 2.57 bits per heavy atom. The zero-order valence-electron chi connectivity index (χ0n) is 19.0. The Hall–Kier alpha value is -3.17. The summed E-state index contributed by atoms with van der Waals surface area (Å²) in [6.07, 6.45) is 0. The number of carbonyl (C=O) groups is 1. The van der Waals surface area contributed by atoms with Crippen LogP contribution in [0.5, 0.6) is 0 Å². The molecule has 0 atom stereocenters. The molecule has 35 heavy (non-hydrogen) atoms. The van der Waals surface area contributed by atoms with Gasteiger partial charge >= 0.3 is 0 Å². The summed E-state index contributed by atoms with van der Waals surface area (Å²) in [5.41, 5.74) is 2.28. The van der Waals surface area contributed by atoms with Crippen molar-refractivity contribution in [3.8, 4) is 5.69 Å². The monoisotopic (exact) mass is 551 g/mol. The second kappa shape index (κ2) is 9.83. The van der Waals surface area contributed by atoms with Gasteiger partial charge in [0, 0.05) is 34.6 Å². The first kappa shape index (κ1) is 23.6. The lowest BCUT2D eigenvalue weighted by Crippen LogP contribution is -2.38. The van der Waals surface area contributed by atoms with Crippen molar-refractivity contribution in [2.75, 3.05) is 29.9 Å². The highest BCUT2D eigenvalue weighted by Gasteiger charge is 2.20. The molecule has 1 saturated heterocycles. The summed E-state index contributed by atoms with van der Waals surface area (Å²) in [6.45, 7) is 3.36. The number of hydrogen-bond donors (Lipinski definition) is 2. The molecule has 0 spiro atoms. The van der Waals surface area contributed by atoms with Gasteiger partial charge in [-0.15, -0.1) is 0 Å². The lowest BCUT2D eigenvalue weighted by molar-refractivity contribution is 0.101. The van der Waals surface area contributed by atoms with Crippen LogP contribution in [0, 0.1) is 18.2 Å². The number of amidine groups is 1. The Morgan fingerprint density at radius 1 is 1.06 bits per heavy atom. The third-order valence-electron chi connectivity index (χ3n) is 5.91. The molecule has 0 saturated carbocycles. The zero-order valence-corrected chi connectivity index (χ0v) is 21.4. The topological polar surface area (TPSA) is 74.0 Å². The third kappa shape index (κ3) is 4.97. The van der Waals surface area contributed by atoms with Gasteiger partial charge in [-0.05, 0) is 66.2 Å². The van der Waals surface area contributed by atoms with Gasteiger partial charge in [0.2, 0.25) is 0 Å². The van der Waals surface area contributed by atoms with Crippen molar-refractivity contribution in [2.45, 2.75) is 6.92 Å². The highest BCUT2D eigenvalue weighted by atomic mass is 79.9. The molecule has 1 aliphatic heterocycles. The Labute approximate surface area is 215 Å². The van der Waals surface area contributed by atoms with E-state index in [1.165, 1.54) is 12.1 Å². The average Bonchev–Trinajstić information content (AvgIpc) is 3.26. The van der Waals surface area contributed by atoms with Crippen molar-refractivity contribution in [1.82, 2.24) is 14.7 Å². The predicted octanol–water partition coefficient (Wildman–Crippen LogP) is 5.86. The zero-order chi connectivity index (χ0) is 24.5. The van der Waals surface area contributed by atoms with Crippen molar-refractivity contribution in [2.24, 2.45) is 0 Å². The summed E-state index contributed by atoms with van der Waals surface area (Å²) in [6, 6.07) is 18.0. The van der Waals surface area contributed by atoms with Crippen LogP contribution in [0.25, 0.3) is 16.5 Å². The number of aromatic nitrogens is 2. The summed E-state index contributed by atoms with van der Waals surface area (Å²) < 4.78 is 17.5. The number of carbonyl (C=O) groups excluding carboxylic acids is 1. The molecule has 0 aliphatic carbocycles. The lowest BCUT2D eigenvalue weighted by atomic mass is 10.1. The molecular weight excluding hydrogens is 529 g/mol.